The van der Waals surface area contributed by atoms with Crippen LogP contribution in [0.4, 0.5) is 0 Å². The van der Waals surface area contributed by atoms with Crippen molar-refractivity contribution in [3.63, 3.8) is 0 Å². The molecule has 0 atom stereocenters. The zero-order chi connectivity index (χ0) is 10.3. The molecule has 1 aliphatic carbocycles. The van der Waals surface area contributed by atoms with Gasteiger partial charge in [0.2, 0.25) is 0 Å². The van der Waals surface area contributed by atoms with Gasteiger partial charge in [-0.05, 0) is 32.1 Å². The van der Waals surface area contributed by atoms with Crippen molar-refractivity contribution in [1.29, 1.82) is 0 Å². The molecule has 0 spiro atoms. The fourth-order valence-electron chi connectivity index (χ4n) is 2.03. The number of aromatic nitrogens is 2. The summed E-state index contributed by atoms with van der Waals surface area (Å²) in [7, 11) is 0. The van der Waals surface area contributed by atoms with Crippen molar-refractivity contribution in [2.45, 2.75) is 49.3 Å². The molecule has 2 heterocycles. The number of nitrogens with zero attached hydrogens (tertiary/aromatic N) is 2. The van der Waals surface area contributed by atoms with Crippen molar-refractivity contribution in [2.24, 2.45) is 5.73 Å². The Bertz CT molecular complexity index is 344. The van der Waals surface area contributed by atoms with Crippen molar-refractivity contribution in [2.75, 3.05) is 5.75 Å². The van der Waals surface area contributed by atoms with Crippen LogP contribution in [0.3, 0.4) is 0 Å². The van der Waals surface area contributed by atoms with Gasteiger partial charge in [0.05, 0.1) is 5.69 Å². The molecule has 0 radical (unpaired) electrons. The lowest BCUT2D eigenvalue weighted by Gasteiger charge is -2.11. The Hall–Kier alpha value is -0.480. The zero-order valence-electron chi connectivity index (χ0n) is 8.91. The van der Waals surface area contributed by atoms with Crippen LogP contribution < -0.4 is 5.73 Å². The first-order valence-electron chi connectivity index (χ1n) is 5.73. The maximum Gasteiger partial charge on any atom is 0.168 e. The second kappa shape index (κ2) is 3.52. The van der Waals surface area contributed by atoms with E-state index in [9.17, 15) is 0 Å². The van der Waals surface area contributed by atoms with Crippen LogP contribution in [-0.2, 0) is 13.0 Å². The highest BCUT2D eigenvalue weighted by atomic mass is 32.2. The number of thioether (sulfide) groups is 1. The number of imidazole rings is 1. The van der Waals surface area contributed by atoms with E-state index in [0.29, 0.717) is 0 Å². The number of aryl methyl sites for hydroxylation is 2. The molecule has 1 fully saturated rings. The predicted molar refractivity (Wildman–Crippen MR) is 62.0 cm³/mol. The summed E-state index contributed by atoms with van der Waals surface area (Å²) in [6.45, 7) is 1.14. The van der Waals surface area contributed by atoms with Crippen LogP contribution in [0, 0.1) is 0 Å². The van der Waals surface area contributed by atoms with Gasteiger partial charge in [-0.3, -0.25) is 0 Å². The first kappa shape index (κ1) is 9.73. The molecular weight excluding hydrogens is 206 g/mol. The summed E-state index contributed by atoms with van der Waals surface area (Å²) in [5.74, 6) is 1.22. The van der Waals surface area contributed by atoms with Crippen molar-refractivity contribution < 1.29 is 0 Å². The fourth-order valence-corrected chi connectivity index (χ4v) is 2.98. The lowest BCUT2D eigenvalue weighted by molar-refractivity contribution is 0.603. The number of nitrogens with two attached hydrogens (primary N) is 1. The Kier molecular flexibility index (Phi) is 2.29. The Morgan fingerprint density at radius 2 is 2.40 bits per heavy atom. The maximum atomic E-state index is 6.08. The second-order valence-electron chi connectivity index (χ2n) is 4.77. The zero-order valence-corrected chi connectivity index (χ0v) is 9.72. The van der Waals surface area contributed by atoms with E-state index in [-0.39, 0.29) is 5.54 Å². The Labute approximate surface area is 94.4 Å². The van der Waals surface area contributed by atoms with Gasteiger partial charge in [-0.25, -0.2) is 4.98 Å². The molecular formula is C11H17N3S. The second-order valence-corrected chi connectivity index (χ2v) is 5.83. The number of hydrogen-bond acceptors (Lipinski definition) is 3. The molecule has 2 aliphatic rings. The highest BCUT2D eigenvalue weighted by Crippen LogP contribution is 2.36. The van der Waals surface area contributed by atoms with Crippen molar-refractivity contribution in [3.05, 3.63) is 11.9 Å². The SMILES string of the molecule is NC1(CCc2cn3c(n2)SCCC3)CC1. The summed E-state index contributed by atoms with van der Waals surface area (Å²) in [6.07, 6.45) is 8.05. The van der Waals surface area contributed by atoms with Gasteiger partial charge in [0.1, 0.15) is 0 Å². The van der Waals surface area contributed by atoms with Crippen LogP contribution in [-0.4, -0.2) is 20.8 Å². The van der Waals surface area contributed by atoms with E-state index in [1.54, 1.807) is 0 Å². The predicted octanol–water partition coefficient (Wildman–Crippen LogP) is 1.80. The summed E-state index contributed by atoms with van der Waals surface area (Å²) in [5.41, 5.74) is 7.47. The van der Waals surface area contributed by atoms with E-state index in [1.165, 1.54) is 35.9 Å². The van der Waals surface area contributed by atoms with Crippen molar-refractivity contribution >= 4 is 11.8 Å². The molecule has 0 aromatic carbocycles. The van der Waals surface area contributed by atoms with Crippen LogP contribution >= 0.6 is 11.8 Å². The molecule has 1 aromatic rings. The van der Waals surface area contributed by atoms with E-state index < -0.39 is 0 Å². The molecule has 4 heteroatoms. The molecule has 1 aromatic heterocycles. The summed E-state index contributed by atoms with van der Waals surface area (Å²) in [6, 6.07) is 0. The van der Waals surface area contributed by atoms with Gasteiger partial charge in [-0.1, -0.05) is 11.8 Å². The molecule has 0 amide bonds. The maximum absolute atomic E-state index is 6.08. The van der Waals surface area contributed by atoms with Gasteiger partial charge in [-0.2, -0.15) is 0 Å². The van der Waals surface area contributed by atoms with Gasteiger partial charge in [-0.15, -0.1) is 0 Å². The van der Waals surface area contributed by atoms with E-state index in [4.69, 9.17) is 5.73 Å². The topological polar surface area (TPSA) is 43.8 Å². The lowest BCUT2D eigenvalue weighted by Crippen LogP contribution is -2.22. The molecule has 0 unspecified atom stereocenters. The Morgan fingerprint density at radius 1 is 1.53 bits per heavy atom. The summed E-state index contributed by atoms with van der Waals surface area (Å²) in [5, 5.41) is 1.21. The first-order chi connectivity index (χ1) is 7.25. The fraction of sp³-hybridized carbons (Fsp3) is 0.727. The third-order valence-corrected chi connectivity index (χ3v) is 4.41. The minimum Gasteiger partial charge on any atom is -0.326 e. The Morgan fingerprint density at radius 3 is 3.13 bits per heavy atom. The minimum absolute atomic E-state index is 0.164. The third-order valence-electron chi connectivity index (χ3n) is 3.34. The molecule has 15 heavy (non-hydrogen) atoms. The summed E-state index contributed by atoms with van der Waals surface area (Å²) >= 11 is 1.88. The molecule has 1 aliphatic heterocycles. The van der Waals surface area contributed by atoms with Gasteiger partial charge >= 0.3 is 0 Å². The molecule has 82 valence electrons. The minimum atomic E-state index is 0.164. The van der Waals surface area contributed by atoms with Gasteiger partial charge in [0.25, 0.3) is 0 Å². The largest absolute Gasteiger partial charge is 0.326 e. The van der Waals surface area contributed by atoms with E-state index in [2.05, 4.69) is 15.7 Å². The average Bonchev–Trinajstić information content (AvgIpc) is 2.83. The quantitative estimate of drug-likeness (QED) is 0.850. The normalized spacial score (nSPS) is 22.5. The molecule has 3 rings (SSSR count). The van der Waals surface area contributed by atoms with Crippen LogP contribution in [0.5, 0.6) is 0 Å². The first-order valence-corrected chi connectivity index (χ1v) is 6.72. The highest BCUT2D eigenvalue weighted by Gasteiger charge is 2.37. The van der Waals surface area contributed by atoms with Crippen molar-refractivity contribution in [3.8, 4) is 0 Å². The number of rotatable bonds is 3. The van der Waals surface area contributed by atoms with Crippen LogP contribution in [0.15, 0.2) is 11.4 Å². The average molecular weight is 223 g/mol. The molecule has 2 N–H and O–H groups in total. The van der Waals surface area contributed by atoms with Gasteiger partial charge in [0, 0.05) is 24.0 Å². The van der Waals surface area contributed by atoms with Crippen molar-refractivity contribution in [1.82, 2.24) is 9.55 Å². The van der Waals surface area contributed by atoms with Crippen LogP contribution in [0.25, 0.3) is 0 Å². The highest BCUT2D eigenvalue weighted by molar-refractivity contribution is 7.99. The number of hydrogen-bond donors (Lipinski definition) is 1. The summed E-state index contributed by atoms with van der Waals surface area (Å²) in [4.78, 5) is 4.65. The van der Waals surface area contributed by atoms with Crippen LogP contribution in [0.1, 0.15) is 31.4 Å². The van der Waals surface area contributed by atoms with E-state index >= 15 is 0 Å². The molecule has 0 saturated heterocycles. The van der Waals surface area contributed by atoms with Crippen LogP contribution in [0.2, 0.25) is 0 Å². The lowest BCUT2D eigenvalue weighted by atomic mass is 10.1. The monoisotopic (exact) mass is 223 g/mol. The van der Waals surface area contributed by atoms with E-state index in [0.717, 1.165) is 19.4 Å². The molecule has 3 nitrogen and oxygen atoms in total. The Balaban J connectivity index is 1.67. The molecule has 0 bridgehead atoms. The van der Waals surface area contributed by atoms with Gasteiger partial charge < -0.3 is 10.3 Å². The van der Waals surface area contributed by atoms with Gasteiger partial charge in [0.15, 0.2) is 5.16 Å². The number of fused-ring (bicyclic) bond motifs is 1. The third kappa shape index (κ3) is 2.06. The van der Waals surface area contributed by atoms with E-state index in [1.807, 2.05) is 11.8 Å². The molecule has 1 saturated carbocycles. The summed E-state index contributed by atoms with van der Waals surface area (Å²) < 4.78 is 2.29. The smallest absolute Gasteiger partial charge is 0.168 e. The standard InChI is InChI=1S/C11H17N3S/c12-11(4-5-11)3-2-9-8-14-6-1-7-15-10(14)13-9/h8H,1-7,12H2.